The van der Waals surface area contributed by atoms with Crippen molar-refractivity contribution in [2.24, 2.45) is 0 Å². The SMILES string of the molecule is CN(CCCNC(=O)Cn1ncc2ccccc2c1=O)c1ccccc1. The van der Waals surface area contributed by atoms with Gasteiger partial charge in [0.15, 0.2) is 0 Å². The van der Waals surface area contributed by atoms with Gasteiger partial charge in [-0.3, -0.25) is 9.59 Å². The van der Waals surface area contributed by atoms with E-state index >= 15 is 0 Å². The first-order valence-electron chi connectivity index (χ1n) is 8.63. The average molecular weight is 350 g/mol. The number of nitrogens with zero attached hydrogens (tertiary/aromatic N) is 3. The highest BCUT2D eigenvalue weighted by Crippen LogP contribution is 2.10. The van der Waals surface area contributed by atoms with Gasteiger partial charge in [-0.1, -0.05) is 36.4 Å². The molecule has 26 heavy (non-hydrogen) atoms. The Morgan fingerprint density at radius 2 is 1.85 bits per heavy atom. The van der Waals surface area contributed by atoms with Crippen LogP contribution in [0.3, 0.4) is 0 Å². The molecule has 0 saturated carbocycles. The first-order chi connectivity index (χ1) is 12.6. The van der Waals surface area contributed by atoms with Gasteiger partial charge in [0.05, 0.1) is 11.6 Å². The third-order valence-electron chi connectivity index (χ3n) is 4.24. The van der Waals surface area contributed by atoms with Gasteiger partial charge in [0, 0.05) is 31.2 Å². The van der Waals surface area contributed by atoms with Gasteiger partial charge >= 0.3 is 0 Å². The Balaban J connectivity index is 1.49. The maximum atomic E-state index is 12.4. The lowest BCUT2D eigenvalue weighted by molar-refractivity contribution is -0.121. The molecule has 134 valence electrons. The highest BCUT2D eigenvalue weighted by molar-refractivity contribution is 5.81. The number of hydrogen-bond donors (Lipinski definition) is 1. The number of nitrogens with one attached hydrogen (secondary N) is 1. The molecule has 3 rings (SSSR count). The van der Waals surface area contributed by atoms with Crippen molar-refractivity contribution in [2.45, 2.75) is 13.0 Å². The first-order valence-corrected chi connectivity index (χ1v) is 8.63. The summed E-state index contributed by atoms with van der Waals surface area (Å²) in [6.45, 7) is 1.31. The molecule has 1 N–H and O–H groups in total. The number of carbonyl (C=O) groups is 1. The molecule has 0 unspecified atom stereocenters. The van der Waals surface area contributed by atoms with E-state index in [1.165, 1.54) is 4.68 Å². The summed E-state index contributed by atoms with van der Waals surface area (Å²) in [5.41, 5.74) is 0.896. The number of para-hydroxylation sites is 1. The molecule has 0 saturated heterocycles. The van der Waals surface area contributed by atoms with Gasteiger partial charge < -0.3 is 10.2 Å². The lowest BCUT2D eigenvalue weighted by Crippen LogP contribution is -2.35. The number of rotatable bonds is 7. The lowest BCUT2D eigenvalue weighted by atomic mass is 10.2. The molecule has 0 radical (unpaired) electrons. The quantitative estimate of drug-likeness (QED) is 0.662. The van der Waals surface area contributed by atoms with E-state index < -0.39 is 0 Å². The average Bonchev–Trinajstić information content (AvgIpc) is 2.68. The van der Waals surface area contributed by atoms with E-state index in [0.29, 0.717) is 11.9 Å². The second kappa shape index (κ2) is 8.29. The highest BCUT2D eigenvalue weighted by Gasteiger charge is 2.08. The molecule has 1 aromatic heterocycles. The van der Waals surface area contributed by atoms with Crippen molar-refractivity contribution in [3.63, 3.8) is 0 Å². The lowest BCUT2D eigenvalue weighted by Gasteiger charge is -2.19. The van der Waals surface area contributed by atoms with E-state index in [4.69, 9.17) is 0 Å². The Morgan fingerprint density at radius 1 is 1.12 bits per heavy atom. The van der Waals surface area contributed by atoms with Gasteiger partial charge in [-0.15, -0.1) is 0 Å². The summed E-state index contributed by atoms with van der Waals surface area (Å²) in [6, 6.07) is 17.3. The zero-order valence-corrected chi connectivity index (χ0v) is 14.8. The molecule has 0 aliphatic heterocycles. The molecule has 0 spiro atoms. The largest absolute Gasteiger partial charge is 0.375 e. The molecule has 0 aliphatic carbocycles. The maximum absolute atomic E-state index is 12.4. The van der Waals surface area contributed by atoms with Crippen molar-refractivity contribution < 1.29 is 4.79 Å². The predicted molar refractivity (Wildman–Crippen MR) is 103 cm³/mol. The molecule has 0 fully saturated rings. The Hall–Kier alpha value is -3.15. The van der Waals surface area contributed by atoms with Crippen LogP contribution in [0.15, 0.2) is 65.6 Å². The Bertz CT molecular complexity index is 937. The zero-order valence-electron chi connectivity index (χ0n) is 14.8. The molecule has 1 heterocycles. The van der Waals surface area contributed by atoms with Crippen molar-refractivity contribution in [3.05, 3.63) is 71.1 Å². The standard InChI is InChI=1S/C20H22N4O2/c1-23(17-9-3-2-4-10-17)13-7-12-21-19(25)15-24-20(26)18-11-6-5-8-16(18)14-22-24/h2-6,8-11,14H,7,12-13,15H2,1H3,(H,21,25). The van der Waals surface area contributed by atoms with Gasteiger partial charge in [0.25, 0.3) is 5.56 Å². The summed E-state index contributed by atoms with van der Waals surface area (Å²) in [5, 5.41) is 8.27. The van der Waals surface area contributed by atoms with Crippen LogP contribution in [-0.4, -0.2) is 35.8 Å². The van der Waals surface area contributed by atoms with E-state index in [0.717, 1.165) is 24.0 Å². The highest BCUT2D eigenvalue weighted by atomic mass is 16.2. The fourth-order valence-corrected chi connectivity index (χ4v) is 2.79. The van der Waals surface area contributed by atoms with Crippen LogP contribution < -0.4 is 15.8 Å². The van der Waals surface area contributed by atoms with Crippen LogP contribution in [0.1, 0.15) is 6.42 Å². The van der Waals surface area contributed by atoms with E-state index in [1.807, 2.05) is 37.4 Å². The minimum Gasteiger partial charge on any atom is -0.375 e. The molecule has 0 aliphatic rings. The minimum atomic E-state index is -0.248. The molecule has 0 atom stereocenters. The summed E-state index contributed by atoms with van der Waals surface area (Å²) in [4.78, 5) is 26.6. The maximum Gasteiger partial charge on any atom is 0.275 e. The summed E-state index contributed by atoms with van der Waals surface area (Å²) in [7, 11) is 2.02. The number of hydrogen-bond acceptors (Lipinski definition) is 4. The van der Waals surface area contributed by atoms with Crippen LogP contribution in [0.25, 0.3) is 10.8 Å². The van der Waals surface area contributed by atoms with E-state index in [2.05, 4.69) is 27.4 Å². The Kier molecular flexibility index (Phi) is 5.63. The van der Waals surface area contributed by atoms with Crippen molar-refractivity contribution in [2.75, 3.05) is 25.0 Å². The summed E-state index contributed by atoms with van der Waals surface area (Å²) < 4.78 is 1.20. The summed E-state index contributed by atoms with van der Waals surface area (Å²) in [5.74, 6) is -0.211. The van der Waals surface area contributed by atoms with Gasteiger partial charge in [0.1, 0.15) is 6.54 Å². The Labute approximate surface area is 152 Å². The molecule has 2 aromatic carbocycles. The Morgan fingerprint density at radius 3 is 2.65 bits per heavy atom. The minimum absolute atomic E-state index is 0.0712. The van der Waals surface area contributed by atoms with Crippen molar-refractivity contribution in [3.8, 4) is 0 Å². The van der Waals surface area contributed by atoms with Gasteiger partial charge in [-0.25, -0.2) is 4.68 Å². The summed E-state index contributed by atoms with van der Waals surface area (Å²) in [6.07, 6.45) is 2.43. The number of anilines is 1. The second-order valence-electron chi connectivity index (χ2n) is 6.16. The number of fused-ring (bicyclic) bond motifs is 1. The van der Waals surface area contributed by atoms with E-state index in [9.17, 15) is 9.59 Å². The number of aromatic nitrogens is 2. The normalized spacial score (nSPS) is 10.7. The smallest absolute Gasteiger partial charge is 0.275 e. The zero-order chi connectivity index (χ0) is 18.4. The molecule has 6 nitrogen and oxygen atoms in total. The van der Waals surface area contributed by atoms with Crippen LogP contribution in [0.5, 0.6) is 0 Å². The molecule has 1 amide bonds. The molecule has 0 bridgehead atoms. The summed E-state index contributed by atoms with van der Waals surface area (Å²) >= 11 is 0. The van der Waals surface area contributed by atoms with Crippen LogP contribution >= 0.6 is 0 Å². The third kappa shape index (κ3) is 4.27. The van der Waals surface area contributed by atoms with Crippen LogP contribution in [-0.2, 0) is 11.3 Å². The van der Waals surface area contributed by atoms with Gasteiger partial charge in [-0.05, 0) is 24.6 Å². The van der Waals surface area contributed by atoms with E-state index in [1.54, 1.807) is 18.3 Å². The van der Waals surface area contributed by atoms with Crippen molar-refractivity contribution in [1.82, 2.24) is 15.1 Å². The van der Waals surface area contributed by atoms with Crippen LogP contribution in [0, 0.1) is 0 Å². The molecule has 6 heteroatoms. The topological polar surface area (TPSA) is 67.2 Å². The van der Waals surface area contributed by atoms with E-state index in [-0.39, 0.29) is 18.0 Å². The third-order valence-corrected chi connectivity index (χ3v) is 4.24. The van der Waals surface area contributed by atoms with Crippen molar-refractivity contribution >= 4 is 22.4 Å². The monoisotopic (exact) mass is 350 g/mol. The molecule has 3 aromatic rings. The van der Waals surface area contributed by atoms with Crippen LogP contribution in [0.2, 0.25) is 0 Å². The van der Waals surface area contributed by atoms with Crippen LogP contribution in [0.4, 0.5) is 5.69 Å². The predicted octanol–water partition coefficient (Wildman–Crippen LogP) is 2.04. The number of amides is 1. The van der Waals surface area contributed by atoms with Gasteiger partial charge in [0.2, 0.25) is 5.91 Å². The molecular weight excluding hydrogens is 328 g/mol. The number of benzene rings is 2. The first kappa shape index (κ1) is 17.7. The van der Waals surface area contributed by atoms with Crippen molar-refractivity contribution in [1.29, 1.82) is 0 Å². The fraction of sp³-hybridized carbons (Fsp3) is 0.250. The van der Waals surface area contributed by atoms with Gasteiger partial charge in [-0.2, -0.15) is 5.10 Å². The second-order valence-corrected chi connectivity index (χ2v) is 6.16. The fourth-order valence-electron chi connectivity index (χ4n) is 2.79. The number of carbonyl (C=O) groups excluding carboxylic acids is 1. The molecular formula is C20H22N4O2.